The van der Waals surface area contributed by atoms with Crippen molar-refractivity contribution in [1.29, 1.82) is 0 Å². The van der Waals surface area contributed by atoms with Crippen molar-refractivity contribution < 1.29 is 27.5 Å². The van der Waals surface area contributed by atoms with Gasteiger partial charge in [-0.25, -0.2) is 9.37 Å². The van der Waals surface area contributed by atoms with Crippen molar-refractivity contribution in [2.45, 2.75) is 43.5 Å². The molecule has 2 aliphatic rings. The van der Waals surface area contributed by atoms with E-state index >= 15 is 0 Å². The quantitative estimate of drug-likeness (QED) is 0.551. The smallest absolute Gasteiger partial charge is 0.378 e. The van der Waals surface area contributed by atoms with Crippen LogP contribution < -0.4 is 5.56 Å². The second-order valence-corrected chi connectivity index (χ2v) is 8.91. The number of aliphatic hydroxyl groups is 1. The number of nitrogens with zero attached hydrogens (tertiary/aromatic N) is 2. The Bertz CT molecular complexity index is 1350. The summed E-state index contributed by atoms with van der Waals surface area (Å²) in [6.07, 6.45) is -5.20. The van der Waals surface area contributed by atoms with E-state index in [1.165, 1.54) is 0 Å². The van der Waals surface area contributed by atoms with Crippen LogP contribution in [0, 0.1) is 5.82 Å². The van der Waals surface area contributed by atoms with Crippen LogP contribution in [0.5, 0.6) is 0 Å². The van der Waals surface area contributed by atoms with Gasteiger partial charge in [0, 0.05) is 18.5 Å². The maximum Gasteiger partial charge on any atom is 0.419 e. The molecule has 1 aromatic heterocycles. The summed E-state index contributed by atoms with van der Waals surface area (Å²) in [5.41, 5.74) is -1.25. The number of hydrogen-bond acceptors (Lipinski definition) is 4. The highest BCUT2D eigenvalue weighted by molar-refractivity contribution is 5.82. The highest BCUT2D eigenvalue weighted by Gasteiger charge is 2.48. The van der Waals surface area contributed by atoms with E-state index in [1.54, 1.807) is 0 Å². The summed E-state index contributed by atoms with van der Waals surface area (Å²) >= 11 is 0. The van der Waals surface area contributed by atoms with Gasteiger partial charge in [0.15, 0.2) is 6.10 Å². The largest absolute Gasteiger partial charge is 0.419 e. The third kappa shape index (κ3) is 4.01. The van der Waals surface area contributed by atoms with Gasteiger partial charge < -0.3 is 15.0 Å². The lowest BCUT2D eigenvalue weighted by atomic mass is 9.94. The van der Waals surface area contributed by atoms with Crippen molar-refractivity contribution in [3.05, 3.63) is 98.5 Å². The Morgan fingerprint density at radius 3 is 2.49 bits per heavy atom. The Hall–Kier alpha value is -3.53. The first-order valence-corrected chi connectivity index (χ1v) is 11.1. The zero-order chi connectivity index (χ0) is 25.0. The predicted octanol–water partition coefficient (Wildman–Crippen LogP) is 3.63. The lowest BCUT2D eigenvalue weighted by molar-refractivity contribution is -0.143. The van der Waals surface area contributed by atoms with E-state index in [9.17, 15) is 32.3 Å². The minimum absolute atomic E-state index is 0.0811. The van der Waals surface area contributed by atoms with Gasteiger partial charge in [-0.1, -0.05) is 42.5 Å². The molecule has 2 heterocycles. The van der Waals surface area contributed by atoms with E-state index in [2.05, 4.69) is 4.98 Å². The first-order valence-electron chi connectivity index (χ1n) is 11.1. The summed E-state index contributed by atoms with van der Waals surface area (Å²) in [6, 6.07) is 12.1. The molecular weight excluding hydrogens is 466 g/mol. The van der Waals surface area contributed by atoms with Crippen LogP contribution in [0.25, 0.3) is 0 Å². The fourth-order valence-corrected chi connectivity index (χ4v) is 4.67. The van der Waals surface area contributed by atoms with Crippen molar-refractivity contribution in [2.75, 3.05) is 6.54 Å². The third-order valence-electron chi connectivity index (χ3n) is 6.77. The SMILES string of the molecule is O=C(C(O)c1cccc(C(F)(F)F)c1F)N1CCc2nc(C3(c4ccccc4)CC3)[nH]c(=O)c2C1. The monoisotopic (exact) mass is 487 g/mol. The van der Waals surface area contributed by atoms with Crippen LogP contribution in [0.15, 0.2) is 53.3 Å². The summed E-state index contributed by atoms with van der Waals surface area (Å²) in [7, 11) is 0. The summed E-state index contributed by atoms with van der Waals surface area (Å²) in [5, 5.41) is 10.4. The molecule has 1 unspecified atom stereocenters. The molecule has 1 fully saturated rings. The van der Waals surface area contributed by atoms with Gasteiger partial charge in [-0.05, 0) is 24.5 Å². The second-order valence-electron chi connectivity index (χ2n) is 8.91. The molecular formula is C25H21F4N3O3. The normalized spacial score (nSPS) is 17.6. The molecule has 0 spiro atoms. The number of amides is 1. The molecule has 1 amide bonds. The number of hydrogen-bond donors (Lipinski definition) is 2. The predicted molar refractivity (Wildman–Crippen MR) is 117 cm³/mol. The van der Waals surface area contributed by atoms with Crippen LogP contribution in [-0.2, 0) is 29.4 Å². The Morgan fingerprint density at radius 2 is 1.83 bits per heavy atom. The molecule has 182 valence electrons. The maximum atomic E-state index is 14.4. The fourth-order valence-electron chi connectivity index (χ4n) is 4.67. The second kappa shape index (κ2) is 8.30. The summed E-state index contributed by atoms with van der Waals surface area (Å²) in [4.78, 5) is 34.4. The van der Waals surface area contributed by atoms with E-state index in [-0.39, 0.29) is 30.5 Å². The Morgan fingerprint density at radius 1 is 1.11 bits per heavy atom. The van der Waals surface area contributed by atoms with Gasteiger partial charge in [0.05, 0.1) is 28.8 Å². The molecule has 0 saturated heterocycles. The minimum atomic E-state index is -4.97. The molecule has 1 aliphatic carbocycles. The van der Waals surface area contributed by atoms with Crippen LogP contribution in [0.3, 0.4) is 0 Å². The molecule has 0 radical (unpaired) electrons. The van der Waals surface area contributed by atoms with Gasteiger partial charge in [0.2, 0.25) is 0 Å². The molecule has 0 bridgehead atoms. The highest BCUT2D eigenvalue weighted by Crippen LogP contribution is 2.52. The third-order valence-corrected chi connectivity index (χ3v) is 6.77. The summed E-state index contributed by atoms with van der Waals surface area (Å²) in [5.74, 6) is -2.11. The van der Waals surface area contributed by atoms with Crippen LogP contribution in [0.1, 0.15) is 52.7 Å². The molecule has 2 aromatic carbocycles. The fraction of sp³-hybridized carbons (Fsp3) is 0.320. The van der Waals surface area contributed by atoms with Gasteiger partial charge in [0.25, 0.3) is 11.5 Å². The number of alkyl halides is 3. The number of benzene rings is 2. The first-order chi connectivity index (χ1) is 16.6. The summed E-state index contributed by atoms with van der Waals surface area (Å²) in [6.45, 7) is -0.107. The van der Waals surface area contributed by atoms with Gasteiger partial charge in [0.1, 0.15) is 11.6 Å². The molecule has 10 heteroatoms. The number of carbonyl (C=O) groups is 1. The number of rotatable bonds is 4. The Kier molecular flexibility index (Phi) is 5.51. The minimum Gasteiger partial charge on any atom is -0.378 e. The van der Waals surface area contributed by atoms with Crippen molar-refractivity contribution in [2.24, 2.45) is 0 Å². The van der Waals surface area contributed by atoms with E-state index in [0.717, 1.165) is 35.4 Å². The highest BCUT2D eigenvalue weighted by atomic mass is 19.4. The average Bonchev–Trinajstić information content (AvgIpc) is 3.65. The van der Waals surface area contributed by atoms with Crippen LogP contribution in [0.4, 0.5) is 17.6 Å². The number of fused-ring (bicyclic) bond motifs is 1. The van der Waals surface area contributed by atoms with Crippen LogP contribution >= 0.6 is 0 Å². The number of aromatic nitrogens is 2. The molecule has 1 atom stereocenters. The van der Waals surface area contributed by atoms with Crippen molar-refractivity contribution in [1.82, 2.24) is 14.9 Å². The molecule has 2 N–H and O–H groups in total. The van der Waals surface area contributed by atoms with Gasteiger partial charge >= 0.3 is 6.18 Å². The zero-order valence-electron chi connectivity index (χ0n) is 18.4. The van der Waals surface area contributed by atoms with E-state index < -0.39 is 40.7 Å². The molecule has 35 heavy (non-hydrogen) atoms. The molecule has 3 aromatic rings. The maximum absolute atomic E-state index is 14.4. The number of aliphatic hydroxyl groups excluding tert-OH is 1. The number of H-pyrrole nitrogens is 1. The summed E-state index contributed by atoms with van der Waals surface area (Å²) < 4.78 is 53.5. The van der Waals surface area contributed by atoms with Gasteiger partial charge in [-0.2, -0.15) is 13.2 Å². The van der Waals surface area contributed by atoms with E-state index in [4.69, 9.17) is 4.98 Å². The molecule has 1 aliphatic heterocycles. The first kappa shape index (κ1) is 23.2. The lowest BCUT2D eigenvalue weighted by Crippen LogP contribution is -2.42. The lowest BCUT2D eigenvalue weighted by Gasteiger charge is -2.30. The number of nitrogens with one attached hydrogen (secondary N) is 1. The standard InChI is InChI=1S/C25H21F4N3O3/c26-19-15(7-4-8-17(19)25(27,28)29)20(33)22(35)32-12-9-18-16(13-32)21(34)31-23(30-18)24(10-11-24)14-5-2-1-3-6-14/h1-8,20,33H,9-13H2,(H,30,31,34). The Balaban J connectivity index is 1.40. The topological polar surface area (TPSA) is 86.3 Å². The van der Waals surface area contributed by atoms with Gasteiger partial charge in [-0.15, -0.1) is 0 Å². The van der Waals surface area contributed by atoms with Crippen LogP contribution in [-0.4, -0.2) is 32.4 Å². The zero-order valence-corrected chi connectivity index (χ0v) is 18.4. The van der Waals surface area contributed by atoms with E-state index in [1.807, 2.05) is 30.3 Å². The average molecular weight is 487 g/mol. The van der Waals surface area contributed by atoms with E-state index in [0.29, 0.717) is 17.6 Å². The molecule has 5 rings (SSSR count). The Labute approximate surface area is 197 Å². The number of aromatic amines is 1. The molecule has 1 saturated carbocycles. The van der Waals surface area contributed by atoms with Crippen molar-refractivity contribution >= 4 is 5.91 Å². The number of carbonyl (C=O) groups excluding carboxylic acids is 1. The van der Waals surface area contributed by atoms with Crippen molar-refractivity contribution in [3.8, 4) is 0 Å². The van der Waals surface area contributed by atoms with Gasteiger partial charge in [-0.3, -0.25) is 9.59 Å². The molecule has 6 nitrogen and oxygen atoms in total. The van der Waals surface area contributed by atoms with Crippen LogP contribution in [0.2, 0.25) is 0 Å². The number of halogens is 4. The van der Waals surface area contributed by atoms with Crippen molar-refractivity contribution in [3.63, 3.8) is 0 Å².